The number of benzene rings is 1. The summed E-state index contributed by atoms with van der Waals surface area (Å²) in [4.78, 5) is 0. The van der Waals surface area contributed by atoms with Crippen molar-refractivity contribution in [3.8, 4) is 6.07 Å². The Balaban J connectivity index is 2.39. The van der Waals surface area contributed by atoms with Gasteiger partial charge >= 0.3 is 0 Å². The first-order chi connectivity index (χ1) is 6.42. The van der Waals surface area contributed by atoms with Crippen molar-refractivity contribution in [2.75, 3.05) is 6.61 Å². The van der Waals surface area contributed by atoms with Gasteiger partial charge in [-0.1, -0.05) is 18.2 Å². The molecule has 0 saturated carbocycles. The fourth-order valence-electron chi connectivity index (χ4n) is 1.48. The minimum absolute atomic E-state index is 0.246. The molecule has 1 heterocycles. The highest BCUT2D eigenvalue weighted by Gasteiger charge is 2.15. The second kappa shape index (κ2) is 3.32. The standard InChI is InChI=1S/C11H9NO/c12-7-9-3-1-2-4-11(9)10-5-6-13-8-10/h1-6,10H,8H2. The van der Waals surface area contributed by atoms with Crippen molar-refractivity contribution in [3.63, 3.8) is 0 Å². The average molecular weight is 171 g/mol. The van der Waals surface area contributed by atoms with E-state index < -0.39 is 0 Å². The van der Waals surface area contributed by atoms with Crippen LogP contribution in [0.4, 0.5) is 0 Å². The molecule has 0 aliphatic carbocycles. The molecule has 0 fully saturated rings. The van der Waals surface area contributed by atoms with Crippen LogP contribution >= 0.6 is 0 Å². The van der Waals surface area contributed by atoms with Crippen LogP contribution in [0.25, 0.3) is 0 Å². The molecule has 0 bridgehead atoms. The number of nitriles is 1. The topological polar surface area (TPSA) is 33.0 Å². The predicted molar refractivity (Wildman–Crippen MR) is 49.0 cm³/mol. The monoisotopic (exact) mass is 171 g/mol. The third-order valence-corrected chi connectivity index (χ3v) is 2.16. The molecule has 0 N–H and O–H groups in total. The summed E-state index contributed by atoms with van der Waals surface area (Å²) in [7, 11) is 0. The first-order valence-corrected chi connectivity index (χ1v) is 4.19. The molecular formula is C11H9NO. The second-order valence-electron chi connectivity index (χ2n) is 2.97. The van der Waals surface area contributed by atoms with Crippen molar-refractivity contribution in [2.24, 2.45) is 0 Å². The van der Waals surface area contributed by atoms with Gasteiger partial charge in [0.05, 0.1) is 24.5 Å². The Hall–Kier alpha value is -1.75. The lowest BCUT2D eigenvalue weighted by Crippen LogP contribution is -1.99. The fourth-order valence-corrected chi connectivity index (χ4v) is 1.48. The van der Waals surface area contributed by atoms with E-state index in [9.17, 15) is 0 Å². The maximum Gasteiger partial charge on any atom is 0.0994 e. The van der Waals surface area contributed by atoms with Gasteiger partial charge in [0.25, 0.3) is 0 Å². The van der Waals surface area contributed by atoms with Crippen LogP contribution in [0, 0.1) is 11.3 Å². The van der Waals surface area contributed by atoms with Gasteiger partial charge in [-0.05, 0) is 17.7 Å². The van der Waals surface area contributed by atoms with Gasteiger partial charge in [-0.3, -0.25) is 0 Å². The molecule has 1 aromatic rings. The number of hydrogen-bond acceptors (Lipinski definition) is 2. The van der Waals surface area contributed by atoms with E-state index in [1.165, 1.54) is 0 Å². The van der Waals surface area contributed by atoms with Crippen LogP contribution in [0.2, 0.25) is 0 Å². The molecule has 2 rings (SSSR count). The maximum absolute atomic E-state index is 8.86. The van der Waals surface area contributed by atoms with E-state index in [2.05, 4.69) is 6.07 Å². The van der Waals surface area contributed by atoms with Crippen LogP contribution in [0.3, 0.4) is 0 Å². The quantitative estimate of drug-likeness (QED) is 0.648. The largest absolute Gasteiger partial charge is 0.501 e. The Morgan fingerprint density at radius 2 is 2.23 bits per heavy atom. The zero-order chi connectivity index (χ0) is 9.10. The third-order valence-electron chi connectivity index (χ3n) is 2.16. The van der Waals surface area contributed by atoms with Crippen LogP contribution < -0.4 is 0 Å². The van der Waals surface area contributed by atoms with Crippen molar-refractivity contribution in [1.82, 2.24) is 0 Å². The maximum atomic E-state index is 8.86. The van der Waals surface area contributed by atoms with E-state index in [4.69, 9.17) is 10.00 Å². The molecule has 2 heteroatoms. The van der Waals surface area contributed by atoms with E-state index in [1.54, 1.807) is 6.26 Å². The molecule has 1 atom stereocenters. The number of nitrogens with zero attached hydrogens (tertiary/aromatic N) is 1. The molecular weight excluding hydrogens is 162 g/mol. The van der Waals surface area contributed by atoms with Crippen molar-refractivity contribution < 1.29 is 4.74 Å². The Morgan fingerprint density at radius 3 is 2.92 bits per heavy atom. The molecule has 0 radical (unpaired) electrons. The Labute approximate surface area is 77.1 Å². The lowest BCUT2D eigenvalue weighted by atomic mass is 9.96. The van der Waals surface area contributed by atoms with E-state index in [0.29, 0.717) is 6.61 Å². The third kappa shape index (κ3) is 1.41. The minimum Gasteiger partial charge on any atom is -0.501 e. The molecule has 13 heavy (non-hydrogen) atoms. The van der Waals surface area contributed by atoms with Crippen molar-refractivity contribution in [3.05, 3.63) is 47.7 Å². The summed E-state index contributed by atoms with van der Waals surface area (Å²) < 4.78 is 5.12. The Kier molecular flexibility index (Phi) is 2.01. The second-order valence-corrected chi connectivity index (χ2v) is 2.97. The first-order valence-electron chi connectivity index (χ1n) is 4.19. The van der Waals surface area contributed by atoms with Gasteiger partial charge in [-0.2, -0.15) is 5.26 Å². The number of rotatable bonds is 1. The van der Waals surface area contributed by atoms with Gasteiger partial charge in [0.15, 0.2) is 0 Å². The highest BCUT2D eigenvalue weighted by atomic mass is 16.5. The summed E-state index contributed by atoms with van der Waals surface area (Å²) >= 11 is 0. The molecule has 1 aliphatic rings. The fraction of sp³-hybridized carbons (Fsp3) is 0.182. The Morgan fingerprint density at radius 1 is 1.38 bits per heavy atom. The van der Waals surface area contributed by atoms with E-state index in [-0.39, 0.29) is 5.92 Å². The van der Waals surface area contributed by atoms with Crippen LogP contribution in [-0.2, 0) is 4.74 Å². The van der Waals surface area contributed by atoms with Crippen LogP contribution in [-0.4, -0.2) is 6.61 Å². The van der Waals surface area contributed by atoms with Crippen molar-refractivity contribution >= 4 is 0 Å². The number of ether oxygens (including phenoxy) is 1. The van der Waals surface area contributed by atoms with E-state index in [1.807, 2.05) is 30.3 Å². The van der Waals surface area contributed by atoms with Gasteiger partial charge in [0.2, 0.25) is 0 Å². The van der Waals surface area contributed by atoms with Crippen LogP contribution in [0.15, 0.2) is 36.6 Å². The molecule has 0 saturated heterocycles. The van der Waals surface area contributed by atoms with E-state index >= 15 is 0 Å². The van der Waals surface area contributed by atoms with Gasteiger partial charge in [-0.15, -0.1) is 0 Å². The van der Waals surface area contributed by atoms with Gasteiger partial charge < -0.3 is 4.74 Å². The zero-order valence-electron chi connectivity index (χ0n) is 7.10. The average Bonchev–Trinajstić information content (AvgIpc) is 2.70. The predicted octanol–water partition coefficient (Wildman–Crippen LogP) is 2.19. The normalized spacial score (nSPS) is 19.5. The smallest absolute Gasteiger partial charge is 0.0994 e. The molecule has 1 aliphatic heterocycles. The summed E-state index contributed by atoms with van der Waals surface area (Å²) in [5.74, 6) is 0.246. The highest BCUT2D eigenvalue weighted by Crippen LogP contribution is 2.24. The SMILES string of the molecule is N#Cc1ccccc1C1C=COC1. The lowest BCUT2D eigenvalue weighted by Gasteiger charge is -2.07. The van der Waals surface area contributed by atoms with Gasteiger partial charge in [0.1, 0.15) is 0 Å². The first kappa shape index (κ1) is 7.88. The Bertz CT molecular complexity index is 376. The zero-order valence-corrected chi connectivity index (χ0v) is 7.10. The molecule has 2 nitrogen and oxygen atoms in total. The minimum atomic E-state index is 0.246. The van der Waals surface area contributed by atoms with Gasteiger partial charge in [0, 0.05) is 5.92 Å². The van der Waals surface area contributed by atoms with E-state index in [0.717, 1.165) is 11.1 Å². The number of hydrogen-bond donors (Lipinski definition) is 0. The summed E-state index contributed by atoms with van der Waals surface area (Å²) in [6, 6.07) is 9.82. The summed E-state index contributed by atoms with van der Waals surface area (Å²) in [5.41, 5.74) is 1.79. The highest BCUT2D eigenvalue weighted by molar-refractivity contribution is 5.41. The summed E-state index contributed by atoms with van der Waals surface area (Å²) in [6.45, 7) is 0.651. The molecule has 1 unspecified atom stereocenters. The molecule has 0 amide bonds. The van der Waals surface area contributed by atoms with Crippen molar-refractivity contribution in [2.45, 2.75) is 5.92 Å². The lowest BCUT2D eigenvalue weighted by molar-refractivity contribution is 0.269. The molecule has 64 valence electrons. The molecule has 0 aromatic heterocycles. The van der Waals surface area contributed by atoms with Crippen LogP contribution in [0.5, 0.6) is 0 Å². The summed E-state index contributed by atoms with van der Waals surface area (Å²) in [6.07, 6.45) is 3.68. The molecule has 1 aromatic carbocycles. The van der Waals surface area contributed by atoms with Gasteiger partial charge in [-0.25, -0.2) is 0 Å². The summed E-state index contributed by atoms with van der Waals surface area (Å²) in [5, 5.41) is 8.86. The molecule has 0 spiro atoms. The van der Waals surface area contributed by atoms with Crippen LogP contribution in [0.1, 0.15) is 17.0 Å². The van der Waals surface area contributed by atoms with Crippen molar-refractivity contribution in [1.29, 1.82) is 5.26 Å².